The van der Waals surface area contributed by atoms with Crippen LogP contribution >= 0.6 is 27.3 Å². The molecule has 2 unspecified atom stereocenters. The molecule has 13 heavy (non-hydrogen) atoms. The molecule has 1 aromatic heterocycles. The minimum absolute atomic E-state index is 0.492. The van der Waals surface area contributed by atoms with Gasteiger partial charge in [-0.25, -0.2) is 0 Å². The Bertz CT molecular complexity index is 314. The Kier molecular flexibility index (Phi) is 3.43. The van der Waals surface area contributed by atoms with Gasteiger partial charge in [0.2, 0.25) is 5.91 Å². The first-order chi connectivity index (χ1) is 6.04. The van der Waals surface area contributed by atoms with E-state index in [0.717, 1.165) is 0 Å². The van der Waals surface area contributed by atoms with Crippen molar-refractivity contribution in [3.8, 4) is 0 Å². The molecule has 0 aromatic carbocycles. The number of rotatable bonds is 3. The van der Waals surface area contributed by atoms with Crippen LogP contribution in [0.1, 0.15) is 11.0 Å². The fraction of sp³-hybridized carbons (Fsp3) is 0.286. The number of nitrogens with two attached hydrogens (primary N) is 1. The minimum Gasteiger partial charge on any atom is -0.384 e. The number of hydrogen-bond donors (Lipinski definition) is 3. The van der Waals surface area contributed by atoms with Gasteiger partial charge in [0.1, 0.15) is 6.10 Å². The number of thiophene rings is 1. The quantitative estimate of drug-likeness (QED) is 0.740. The molecular weight excluding hydrogens is 258 g/mol. The van der Waals surface area contributed by atoms with Gasteiger partial charge in [-0.05, 0) is 27.4 Å². The number of amides is 1. The van der Waals surface area contributed by atoms with Crippen molar-refractivity contribution < 1.29 is 15.0 Å². The molecule has 1 amide bonds. The Morgan fingerprint density at radius 2 is 2.23 bits per heavy atom. The zero-order valence-electron chi connectivity index (χ0n) is 6.48. The van der Waals surface area contributed by atoms with Crippen LogP contribution in [0.15, 0.2) is 15.9 Å². The van der Waals surface area contributed by atoms with E-state index in [0.29, 0.717) is 9.35 Å². The average molecular weight is 266 g/mol. The first kappa shape index (κ1) is 10.6. The SMILES string of the molecule is NC(=O)C(O)C(O)c1sccc1Br. The number of hydrogen-bond acceptors (Lipinski definition) is 4. The van der Waals surface area contributed by atoms with Crippen molar-refractivity contribution in [2.45, 2.75) is 12.2 Å². The van der Waals surface area contributed by atoms with E-state index in [1.807, 2.05) is 0 Å². The van der Waals surface area contributed by atoms with E-state index >= 15 is 0 Å². The molecular formula is C7H8BrNO3S. The monoisotopic (exact) mass is 265 g/mol. The van der Waals surface area contributed by atoms with Crippen molar-refractivity contribution >= 4 is 33.2 Å². The second-order valence-electron chi connectivity index (χ2n) is 2.42. The van der Waals surface area contributed by atoms with E-state index in [-0.39, 0.29) is 0 Å². The van der Waals surface area contributed by atoms with E-state index in [4.69, 9.17) is 10.8 Å². The second kappa shape index (κ2) is 4.19. The third-order valence-electron chi connectivity index (χ3n) is 1.50. The van der Waals surface area contributed by atoms with Gasteiger partial charge < -0.3 is 15.9 Å². The van der Waals surface area contributed by atoms with Crippen LogP contribution in [0.2, 0.25) is 0 Å². The van der Waals surface area contributed by atoms with Gasteiger partial charge in [-0.2, -0.15) is 0 Å². The highest BCUT2D eigenvalue weighted by atomic mass is 79.9. The van der Waals surface area contributed by atoms with E-state index in [1.54, 1.807) is 11.4 Å². The third-order valence-corrected chi connectivity index (χ3v) is 3.45. The Balaban J connectivity index is 2.85. The number of carbonyl (C=O) groups excluding carboxylic acids is 1. The summed E-state index contributed by atoms with van der Waals surface area (Å²) in [5, 5.41) is 20.3. The number of halogens is 1. The summed E-state index contributed by atoms with van der Waals surface area (Å²) in [4.78, 5) is 11.0. The van der Waals surface area contributed by atoms with E-state index in [9.17, 15) is 9.90 Å². The zero-order valence-corrected chi connectivity index (χ0v) is 8.88. The molecule has 0 aliphatic carbocycles. The topological polar surface area (TPSA) is 83.6 Å². The number of aliphatic hydroxyl groups is 2. The summed E-state index contributed by atoms with van der Waals surface area (Å²) < 4.78 is 0.658. The largest absolute Gasteiger partial charge is 0.384 e. The van der Waals surface area contributed by atoms with Gasteiger partial charge in [-0.15, -0.1) is 11.3 Å². The van der Waals surface area contributed by atoms with Crippen LogP contribution in [0.25, 0.3) is 0 Å². The van der Waals surface area contributed by atoms with Crippen molar-refractivity contribution in [1.82, 2.24) is 0 Å². The molecule has 0 radical (unpaired) electrons. The minimum atomic E-state index is -1.56. The Morgan fingerprint density at radius 1 is 1.62 bits per heavy atom. The van der Waals surface area contributed by atoms with Crippen molar-refractivity contribution in [3.63, 3.8) is 0 Å². The molecule has 0 bridgehead atoms. The van der Waals surface area contributed by atoms with Crippen LogP contribution in [0.3, 0.4) is 0 Å². The maximum atomic E-state index is 10.5. The molecule has 0 fully saturated rings. The predicted octanol–water partition coefficient (Wildman–Crippen LogP) is 0.390. The number of primary amides is 1. The number of aliphatic hydroxyl groups excluding tert-OH is 2. The van der Waals surface area contributed by atoms with Gasteiger partial charge in [0.15, 0.2) is 6.10 Å². The van der Waals surface area contributed by atoms with Gasteiger partial charge in [-0.1, -0.05) is 0 Å². The Hall–Kier alpha value is -0.430. The molecule has 6 heteroatoms. The van der Waals surface area contributed by atoms with Crippen molar-refractivity contribution in [2.75, 3.05) is 0 Å². The molecule has 1 rings (SSSR count). The lowest BCUT2D eigenvalue weighted by atomic mass is 10.1. The Labute approximate surface area is 87.1 Å². The summed E-state index contributed by atoms with van der Waals surface area (Å²) in [6.07, 6.45) is -2.82. The highest BCUT2D eigenvalue weighted by molar-refractivity contribution is 9.10. The van der Waals surface area contributed by atoms with Gasteiger partial charge in [0.05, 0.1) is 4.88 Å². The summed E-state index contributed by atoms with van der Waals surface area (Å²) in [5.74, 6) is -0.937. The van der Waals surface area contributed by atoms with Gasteiger partial charge in [0, 0.05) is 4.47 Å². The van der Waals surface area contributed by atoms with Crippen LogP contribution in [0, 0.1) is 0 Å². The maximum Gasteiger partial charge on any atom is 0.249 e. The Morgan fingerprint density at radius 3 is 2.62 bits per heavy atom. The lowest BCUT2D eigenvalue weighted by Crippen LogP contribution is -2.33. The lowest BCUT2D eigenvalue weighted by Gasteiger charge is -2.13. The smallest absolute Gasteiger partial charge is 0.249 e. The van der Waals surface area contributed by atoms with Gasteiger partial charge in [0.25, 0.3) is 0 Å². The highest BCUT2D eigenvalue weighted by Gasteiger charge is 2.25. The molecule has 4 N–H and O–H groups in total. The summed E-state index contributed by atoms with van der Waals surface area (Å²) in [7, 11) is 0. The normalized spacial score (nSPS) is 15.3. The predicted molar refractivity (Wildman–Crippen MR) is 52.2 cm³/mol. The fourth-order valence-electron chi connectivity index (χ4n) is 0.815. The summed E-state index contributed by atoms with van der Waals surface area (Å²) >= 11 is 4.41. The van der Waals surface area contributed by atoms with Crippen LogP contribution < -0.4 is 5.73 Å². The summed E-state index contributed by atoms with van der Waals surface area (Å²) in [6, 6.07) is 1.72. The molecule has 2 atom stereocenters. The van der Waals surface area contributed by atoms with Crippen LogP contribution in [-0.2, 0) is 4.79 Å². The van der Waals surface area contributed by atoms with Gasteiger partial charge >= 0.3 is 0 Å². The molecule has 0 spiro atoms. The molecule has 4 nitrogen and oxygen atoms in total. The number of carbonyl (C=O) groups is 1. The molecule has 0 saturated heterocycles. The van der Waals surface area contributed by atoms with E-state index < -0.39 is 18.1 Å². The highest BCUT2D eigenvalue weighted by Crippen LogP contribution is 2.30. The van der Waals surface area contributed by atoms with Crippen molar-refractivity contribution in [1.29, 1.82) is 0 Å². The standard InChI is InChI=1S/C7H8BrNO3S/c8-3-1-2-13-6(3)4(10)5(11)7(9)12/h1-2,4-5,10-11H,(H2,9,12). The van der Waals surface area contributed by atoms with Crippen LogP contribution in [0.5, 0.6) is 0 Å². The summed E-state index contributed by atoms with van der Waals surface area (Å²) in [6.45, 7) is 0. The average Bonchev–Trinajstić information content (AvgIpc) is 2.48. The summed E-state index contributed by atoms with van der Waals surface area (Å²) in [5.41, 5.74) is 4.83. The molecule has 0 aliphatic heterocycles. The zero-order chi connectivity index (χ0) is 10.0. The lowest BCUT2D eigenvalue weighted by molar-refractivity contribution is -0.131. The molecule has 1 aromatic rings. The fourth-order valence-corrected chi connectivity index (χ4v) is 2.44. The molecule has 1 heterocycles. The first-order valence-electron chi connectivity index (χ1n) is 3.42. The van der Waals surface area contributed by atoms with Gasteiger partial charge in [-0.3, -0.25) is 4.79 Å². The van der Waals surface area contributed by atoms with E-state index in [2.05, 4.69) is 15.9 Å². The third kappa shape index (κ3) is 2.28. The maximum absolute atomic E-state index is 10.5. The first-order valence-corrected chi connectivity index (χ1v) is 5.09. The van der Waals surface area contributed by atoms with E-state index in [1.165, 1.54) is 11.3 Å². The molecule has 72 valence electrons. The van der Waals surface area contributed by atoms with Crippen molar-refractivity contribution in [3.05, 3.63) is 20.8 Å². The second-order valence-corrected chi connectivity index (χ2v) is 4.23. The van der Waals surface area contributed by atoms with Crippen LogP contribution in [0.4, 0.5) is 0 Å². The van der Waals surface area contributed by atoms with Crippen LogP contribution in [-0.4, -0.2) is 22.2 Å². The van der Waals surface area contributed by atoms with Crippen molar-refractivity contribution in [2.24, 2.45) is 5.73 Å². The molecule has 0 saturated carbocycles. The molecule has 0 aliphatic rings.